The zero-order valence-electron chi connectivity index (χ0n) is 9.97. The summed E-state index contributed by atoms with van der Waals surface area (Å²) in [6, 6.07) is 7.28. The lowest BCUT2D eigenvalue weighted by Crippen LogP contribution is -2.40. The summed E-state index contributed by atoms with van der Waals surface area (Å²) in [6.07, 6.45) is 1.39. The molecule has 1 aromatic heterocycles. The van der Waals surface area contributed by atoms with E-state index < -0.39 is 0 Å². The molecule has 5 nitrogen and oxygen atoms in total. The number of rotatable bonds is 1. The second-order valence-electron chi connectivity index (χ2n) is 4.65. The third kappa shape index (κ3) is 1.97. The number of nitrogens with zero attached hydrogens (tertiary/aromatic N) is 2. The summed E-state index contributed by atoms with van der Waals surface area (Å²) >= 11 is 0. The van der Waals surface area contributed by atoms with Crippen LogP contribution in [-0.4, -0.2) is 34.3 Å². The van der Waals surface area contributed by atoms with Crippen LogP contribution in [0.2, 0.25) is 0 Å². The fourth-order valence-corrected chi connectivity index (χ4v) is 2.37. The molecule has 94 valence electrons. The van der Waals surface area contributed by atoms with Crippen LogP contribution < -0.4 is 10.5 Å². The molecule has 0 radical (unpaired) electrons. The maximum Gasteiger partial charge on any atom is 0.260 e. The Balaban J connectivity index is 2.04. The summed E-state index contributed by atoms with van der Waals surface area (Å²) in [6.45, 7) is 1.35. The highest BCUT2D eigenvalue weighted by atomic mass is 16.3. The average Bonchev–Trinajstić information content (AvgIpc) is 2.39. The number of nitrogens with one attached hydrogen (secondary N) is 1. The lowest BCUT2D eigenvalue weighted by atomic mass is 10.1. The fourth-order valence-electron chi connectivity index (χ4n) is 2.37. The summed E-state index contributed by atoms with van der Waals surface area (Å²) in [5.41, 5.74) is 0.562. The van der Waals surface area contributed by atoms with Crippen molar-refractivity contribution in [3.8, 4) is 0 Å². The van der Waals surface area contributed by atoms with Gasteiger partial charge in [0.2, 0.25) is 5.95 Å². The van der Waals surface area contributed by atoms with Gasteiger partial charge in [0, 0.05) is 13.1 Å². The molecule has 1 unspecified atom stereocenters. The molecule has 1 aromatic carbocycles. The molecule has 3 rings (SSSR count). The van der Waals surface area contributed by atoms with Crippen molar-refractivity contribution >= 4 is 16.9 Å². The number of fused-ring (bicyclic) bond motifs is 1. The summed E-state index contributed by atoms with van der Waals surface area (Å²) in [5, 5.41) is 10.3. The van der Waals surface area contributed by atoms with Gasteiger partial charge in [-0.25, -0.2) is 4.98 Å². The molecule has 2 aromatic rings. The third-order valence-corrected chi connectivity index (χ3v) is 3.30. The van der Waals surface area contributed by atoms with Gasteiger partial charge in [0.15, 0.2) is 0 Å². The Labute approximate surface area is 104 Å². The van der Waals surface area contributed by atoms with Crippen LogP contribution in [0.1, 0.15) is 12.8 Å². The number of β-amino-alcohol motifs (C(OH)–C–C–N with tert-alkyl or cyclic N) is 1. The van der Waals surface area contributed by atoms with Gasteiger partial charge in [0.05, 0.1) is 17.0 Å². The normalized spacial score (nSPS) is 20.3. The van der Waals surface area contributed by atoms with E-state index in [9.17, 15) is 9.90 Å². The number of benzene rings is 1. The first-order valence-corrected chi connectivity index (χ1v) is 6.16. The molecule has 0 amide bonds. The van der Waals surface area contributed by atoms with E-state index in [0.717, 1.165) is 19.4 Å². The third-order valence-electron chi connectivity index (χ3n) is 3.30. The van der Waals surface area contributed by atoms with Crippen LogP contribution in [0, 0.1) is 0 Å². The number of anilines is 1. The molecule has 1 atom stereocenters. The minimum Gasteiger partial charge on any atom is -0.391 e. The molecule has 5 heteroatoms. The summed E-state index contributed by atoms with van der Waals surface area (Å²) < 4.78 is 0. The zero-order chi connectivity index (χ0) is 12.5. The second-order valence-corrected chi connectivity index (χ2v) is 4.65. The van der Waals surface area contributed by atoms with Gasteiger partial charge in [-0.2, -0.15) is 0 Å². The Hall–Kier alpha value is -1.88. The predicted molar refractivity (Wildman–Crippen MR) is 69.8 cm³/mol. The first-order chi connectivity index (χ1) is 8.74. The quantitative estimate of drug-likeness (QED) is 0.782. The molecule has 0 saturated carbocycles. The van der Waals surface area contributed by atoms with Gasteiger partial charge in [0.25, 0.3) is 5.56 Å². The number of para-hydroxylation sites is 1. The maximum absolute atomic E-state index is 11.9. The number of hydrogen-bond donors (Lipinski definition) is 2. The van der Waals surface area contributed by atoms with Gasteiger partial charge in [0.1, 0.15) is 0 Å². The van der Waals surface area contributed by atoms with Gasteiger partial charge in [-0.3, -0.25) is 9.78 Å². The molecule has 1 fully saturated rings. The van der Waals surface area contributed by atoms with E-state index in [2.05, 4.69) is 9.97 Å². The number of piperidine rings is 1. The monoisotopic (exact) mass is 245 g/mol. The van der Waals surface area contributed by atoms with Gasteiger partial charge in [-0.15, -0.1) is 0 Å². The molecule has 0 spiro atoms. The first-order valence-electron chi connectivity index (χ1n) is 6.16. The number of aliphatic hydroxyl groups is 1. The van der Waals surface area contributed by atoms with E-state index >= 15 is 0 Å². The molecule has 2 N–H and O–H groups in total. The number of H-pyrrole nitrogens is 1. The van der Waals surface area contributed by atoms with Crippen LogP contribution in [0.15, 0.2) is 29.1 Å². The lowest BCUT2D eigenvalue weighted by molar-refractivity contribution is 0.153. The van der Waals surface area contributed by atoms with E-state index in [4.69, 9.17) is 0 Å². The first kappa shape index (κ1) is 11.2. The lowest BCUT2D eigenvalue weighted by Gasteiger charge is -2.30. The van der Waals surface area contributed by atoms with Gasteiger partial charge >= 0.3 is 0 Å². The van der Waals surface area contributed by atoms with Crippen molar-refractivity contribution in [3.63, 3.8) is 0 Å². The van der Waals surface area contributed by atoms with Crippen molar-refractivity contribution < 1.29 is 5.11 Å². The minimum absolute atomic E-state index is 0.129. The van der Waals surface area contributed by atoms with E-state index in [-0.39, 0.29) is 11.7 Å². The minimum atomic E-state index is -0.337. The number of aliphatic hydroxyl groups excluding tert-OH is 1. The summed E-state index contributed by atoms with van der Waals surface area (Å²) in [7, 11) is 0. The average molecular weight is 245 g/mol. The van der Waals surface area contributed by atoms with Crippen LogP contribution >= 0.6 is 0 Å². The molecule has 0 bridgehead atoms. The van der Waals surface area contributed by atoms with Crippen LogP contribution in [0.5, 0.6) is 0 Å². The predicted octanol–water partition coefficient (Wildman–Crippen LogP) is 0.884. The highest BCUT2D eigenvalue weighted by molar-refractivity contribution is 5.78. The Kier molecular flexibility index (Phi) is 2.76. The van der Waals surface area contributed by atoms with Crippen molar-refractivity contribution in [3.05, 3.63) is 34.6 Å². The number of aromatic nitrogens is 2. The zero-order valence-corrected chi connectivity index (χ0v) is 9.97. The van der Waals surface area contributed by atoms with Crippen LogP contribution in [-0.2, 0) is 0 Å². The van der Waals surface area contributed by atoms with Crippen molar-refractivity contribution in [1.29, 1.82) is 0 Å². The standard InChI is InChI=1S/C13H15N3O2/c17-9-4-3-7-16(8-9)13-14-11-6-2-1-5-10(11)12(18)15-13/h1-2,5-6,9,17H,3-4,7-8H2,(H,14,15,18). The molecule has 1 aliphatic rings. The Morgan fingerprint density at radius 2 is 2.22 bits per heavy atom. The van der Waals surface area contributed by atoms with E-state index in [1.165, 1.54) is 0 Å². The Morgan fingerprint density at radius 3 is 3.06 bits per heavy atom. The molecule has 1 aliphatic heterocycles. The SMILES string of the molecule is O=c1[nH]c(N2CCCC(O)C2)nc2ccccc12. The van der Waals surface area contributed by atoms with Crippen molar-refractivity contribution in [2.75, 3.05) is 18.0 Å². The second kappa shape index (κ2) is 4.42. The van der Waals surface area contributed by atoms with Gasteiger partial charge in [-0.1, -0.05) is 12.1 Å². The smallest absolute Gasteiger partial charge is 0.260 e. The molecule has 1 saturated heterocycles. The van der Waals surface area contributed by atoms with Crippen molar-refractivity contribution in [2.45, 2.75) is 18.9 Å². The number of aromatic amines is 1. The topological polar surface area (TPSA) is 69.2 Å². The van der Waals surface area contributed by atoms with Gasteiger partial charge in [-0.05, 0) is 25.0 Å². The Bertz CT molecular complexity index is 623. The Morgan fingerprint density at radius 1 is 1.39 bits per heavy atom. The van der Waals surface area contributed by atoms with Crippen molar-refractivity contribution in [1.82, 2.24) is 9.97 Å². The molecule has 18 heavy (non-hydrogen) atoms. The fraction of sp³-hybridized carbons (Fsp3) is 0.385. The molecule has 0 aliphatic carbocycles. The highest BCUT2D eigenvalue weighted by Crippen LogP contribution is 2.16. The maximum atomic E-state index is 11.9. The van der Waals surface area contributed by atoms with Crippen LogP contribution in [0.4, 0.5) is 5.95 Å². The van der Waals surface area contributed by atoms with E-state index in [1.807, 2.05) is 23.1 Å². The van der Waals surface area contributed by atoms with Crippen LogP contribution in [0.3, 0.4) is 0 Å². The highest BCUT2D eigenvalue weighted by Gasteiger charge is 2.19. The van der Waals surface area contributed by atoms with Crippen molar-refractivity contribution in [2.24, 2.45) is 0 Å². The van der Waals surface area contributed by atoms with Crippen LogP contribution in [0.25, 0.3) is 10.9 Å². The van der Waals surface area contributed by atoms with Gasteiger partial charge < -0.3 is 10.0 Å². The molecular formula is C13H15N3O2. The molecular weight excluding hydrogens is 230 g/mol. The number of hydrogen-bond acceptors (Lipinski definition) is 4. The summed E-state index contributed by atoms with van der Waals surface area (Å²) in [5.74, 6) is 0.553. The van der Waals surface area contributed by atoms with E-state index in [0.29, 0.717) is 23.4 Å². The summed E-state index contributed by atoms with van der Waals surface area (Å²) in [4.78, 5) is 21.1. The largest absolute Gasteiger partial charge is 0.391 e. The molecule has 2 heterocycles. The van der Waals surface area contributed by atoms with E-state index in [1.54, 1.807) is 6.07 Å².